The zero-order valence-corrected chi connectivity index (χ0v) is 22.9. The summed E-state index contributed by atoms with van der Waals surface area (Å²) in [4.78, 5) is 42.9. The van der Waals surface area contributed by atoms with Crippen molar-refractivity contribution in [3.63, 3.8) is 0 Å². The lowest BCUT2D eigenvalue weighted by atomic mass is 9.83. The molecule has 0 bridgehead atoms. The molecule has 0 saturated carbocycles. The van der Waals surface area contributed by atoms with Crippen molar-refractivity contribution < 1.29 is 19.1 Å². The van der Waals surface area contributed by atoms with Crippen LogP contribution in [0.4, 0.5) is 0 Å². The van der Waals surface area contributed by atoms with Gasteiger partial charge >= 0.3 is 5.97 Å². The van der Waals surface area contributed by atoms with E-state index in [4.69, 9.17) is 16.3 Å². The van der Waals surface area contributed by atoms with Crippen LogP contribution < -0.4 is 5.32 Å². The SMILES string of the molecule is CCOC(=O)C1=C(C)N(Cc2ccc(C(=O)NCCN3CCCCC3)cc2)C(=O)CC1c1cccc(Cl)c1. The molecule has 2 heterocycles. The maximum atomic E-state index is 13.3. The first kappa shape index (κ1) is 27.9. The molecule has 2 aliphatic heterocycles. The van der Waals surface area contributed by atoms with E-state index in [-0.39, 0.29) is 24.8 Å². The van der Waals surface area contributed by atoms with Crippen LogP contribution in [0.3, 0.4) is 0 Å². The molecule has 0 aliphatic carbocycles. The second-order valence-electron chi connectivity index (χ2n) is 9.87. The molecule has 1 atom stereocenters. The summed E-state index contributed by atoms with van der Waals surface area (Å²) in [5.41, 5.74) is 3.30. The zero-order valence-electron chi connectivity index (χ0n) is 22.2. The van der Waals surface area contributed by atoms with Crippen LogP contribution in [0.1, 0.15) is 66.9 Å². The van der Waals surface area contributed by atoms with Gasteiger partial charge in [-0.05, 0) is 75.2 Å². The lowest BCUT2D eigenvalue weighted by Crippen LogP contribution is -2.38. The van der Waals surface area contributed by atoms with E-state index in [9.17, 15) is 14.4 Å². The van der Waals surface area contributed by atoms with Gasteiger partial charge in [0.05, 0.1) is 18.7 Å². The zero-order chi connectivity index (χ0) is 27.1. The fraction of sp³-hybridized carbons (Fsp3) is 0.433. The highest BCUT2D eigenvalue weighted by atomic mass is 35.5. The first-order chi connectivity index (χ1) is 18.4. The van der Waals surface area contributed by atoms with Crippen LogP contribution >= 0.6 is 11.6 Å². The molecule has 8 heteroatoms. The van der Waals surface area contributed by atoms with E-state index in [1.54, 1.807) is 43.0 Å². The number of nitrogens with zero attached hydrogens (tertiary/aromatic N) is 2. The predicted octanol–water partition coefficient (Wildman–Crippen LogP) is 4.91. The van der Waals surface area contributed by atoms with Gasteiger partial charge in [0, 0.05) is 41.7 Å². The highest BCUT2D eigenvalue weighted by Gasteiger charge is 2.37. The molecule has 1 unspecified atom stereocenters. The van der Waals surface area contributed by atoms with E-state index >= 15 is 0 Å². The Morgan fingerprint density at radius 3 is 2.50 bits per heavy atom. The Hall–Kier alpha value is -3.16. The minimum absolute atomic E-state index is 0.0833. The third kappa shape index (κ3) is 6.83. The van der Waals surface area contributed by atoms with Crippen molar-refractivity contribution in [3.8, 4) is 0 Å². The summed E-state index contributed by atoms with van der Waals surface area (Å²) in [6, 6.07) is 14.5. The van der Waals surface area contributed by atoms with Gasteiger partial charge in [0.15, 0.2) is 0 Å². The minimum atomic E-state index is -0.427. The van der Waals surface area contributed by atoms with Gasteiger partial charge in [-0.1, -0.05) is 42.3 Å². The maximum absolute atomic E-state index is 13.3. The van der Waals surface area contributed by atoms with Gasteiger partial charge < -0.3 is 19.9 Å². The quantitative estimate of drug-likeness (QED) is 0.460. The maximum Gasteiger partial charge on any atom is 0.336 e. The summed E-state index contributed by atoms with van der Waals surface area (Å²) in [6.07, 6.45) is 3.89. The van der Waals surface area contributed by atoms with E-state index in [1.807, 2.05) is 24.3 Å². The van der Waals surface area contributed by atoms with E-state index in [2.05, 4.69) is 10.2 Å². The number of carbonyl (C=O) groups excluding carboxylic acids is 3. The van der Waals surface area contributed by atoms with E-state index in [0.717, 1.165) is 30.8 Å². The van der Waals surface area contributed by atoms with Crippen LogP contribution in [-0.2, 0) is 20.9 Å². The number of hydrogen-bond donors (Lipinski definition) is 1. The average molecular weight is 538 g/mol. The number of rotatable bonds is 9. The van der Waals surface area contributed by atoms with Gasteiger partial charge in [-0.3, -0.25) is 9.59 Å². The summed E-state index contributed by atoms with van der Waals surface area (Å²) in [5, 5.41) is 3.55. The number of allylic oxidation sites excluding steroid dienone is 1. The molecule has 1 saturated heterocycles. The van der Waals surface area contributed by atoms with Crippen molar-refractivity contribution in [1.82, 2.24) is 15.1 Å². The van der Waals surface area contributed by atoms with Crippen molar-refractivity contribution in [2.45, 2.75) is 52.0 Å². The molecule has 0 radical (unpaired) electrons. The van der Waals surface area contributed by atoms with Gasteiger partial charge in [0.1, 0.15) is 0 Å². The van der Waals surface area contributed by atoms with E-state index < -0.39 is 11.9 Å². The molecule has 1 fully saturated rings. The first-order valence-corrected chi connectivity index (χ1v) is 13.8. The molecule has 7 nitrogen and oxygen atoms in total. The number of benzene rings is 2. The molecule has 0 spiro atoms. The highest BCUT2D eigenvalue weighted by Crippen LogP contribution is 2.38. The fourth-order valence-corrected chi connectivity index (χ4v) is 5.44. The number of amides is 2. The molecule has 2 aromatic rings. The van der Waals surface area contributed by atoms with Crippen molar-refractivity contribution >= 4 is 29.4 Å². The number of likely N-dealkylation sites (tertiary alicyclic amines) is 1. The number of halogens is 1. The Balaban J connectivity index is 1.45. The largest absolute Gasteiger partial charge is 0.463 e. The second kappa shape index (κ2) is 13.1. The molecular weight excluding hydrogens is 502 g/mol. The Morgan fingerprint density at radius 1 is 1.08 bits per heavy atom. The van der Waals surface area contributed by atoms with Crippen molar-refractivity contribution in [1.29, 1.82) is 0 Å². The molecule has 2 aromatic carbocycles. The average Bonchev–Trinajstić information content (AvgIpc) is 2.91. The lowest BCUT2D eigenvalue weighted by molar-refractivity contribution is -0.140. The van der Waals surface area contributed by atoms with Crippen molar-refractivity contribution in [2.75, 3.05) is 32.8 Å². The molecular formula is C30H36ClN3O4. The summed E-state index contributed by atoms with van der Waals surface area (Å²) in [7, 11) is 0. The Labute approximate surface area is 229 Å². The van der Waals surface area contributed by atoms with Gasteiger partial charge in [-0.15, -0.1) is 0 Å². The Kier molecular flexibility index (Phi) is 9.58. The molecule has 2 aliphatic rings. The van der Waals surface area contributed by atoms with Crippen LogP contribution in [0.15, 0.2) is 59.8 Å². The summed E-state index contributed by atoms with van der Waals surface area (Å²) < 4.78 is 5.37. The van der Waals surface area contributed by atoms with Crippen LogP contribution in [0.25, 0.3) is 0 Å². The third-order valence-corrected chi connectivity index (χ3v) is 7.52. The normalized spacial score (nSPS) is 18.4. The summed E-state index contributed by atoms with van der Waals surface area (Å²) >= 11 is 6.20. The van der Waals surface area contributed by atoms with Crippen LogP contribution in [0, 0.1) is 0 Å². The molecule has 2 amide bonds. The van der Waals surface area contributed by atoms with Crippen molar-refractivity contribution in [2.24, 2.45) is 0 Å². The number of ether oxygens (including phenoxy) is 1. The fourth-order valence-electron chi connectivity index (χ4n) is 5.24. The molecule has 0 aromatic heterocycles. The lowest BCUT2D eigenvalue weighted by Gasteiger charge is -2.34. The first-order valence-electron chi connectivity index (χ1n) is 13.4. The number of hydrogen-bond acceptors (Lipinski definition) is 5. The van der Waals surface area contributed by atoms with Gasteiger partial charge in [-0.25, -0.2) is 4.79 Å². The van der Waals surface area contributed by atoms with E-state index in [0.29, 0.717) is 34.9 Å². The monoisotopic (exact) mass is 537 g/mol. The minimum Gasteiger partial charge on any atom is -0.463 e. The predicted molar refractivity (Wildman–Crippen MR) is 148 cm³/mol. The standard InChI is InChI=1S/C30H36ClN3O4/c1-3-38-30(37)28-21(2)34(27(35)19-26(28)24-8-7-9-25(31)18-24)20-22-10-12-23(13-11-22)29(36)32-14-17-33-15-5-4-6-16-33/h7-13,18,26H,3-6,14-17,19-20H2,1-2H3,(H,32,36). The number of carbonyl (C=O) groups is 3. The third-order valence-electron chi connectivity index (χ3n) is 7.29. The highest BCUT2D eigenvalue weighted by molar-refractivity contribution is 6.30. The number of esters is 1. The molecule has 4 rings (SSSR count). The topological polar surface area (TPSA) is 79.0 Å². The summed E-state index contributed by atoms with van der Waals surface area (Å²) in [5.74, 6) is -1.04. The van der Waals surface area contributed by atoms with Crippen LogP contribution in [0.5, 0.6) is 0 Å². The van der Waals surface area contributed by atoms with Gasteiger partial charge in [0.25, 0.3) is 5.91 Å². The van der Waals surface area contributed by atoms with Crippen LogP contribution in [-0.4, -0.2) is 60.4 Å². The molecule has 202 valence electrons. The summed E-state index contributed by atoms with van der Waals surface area (Å²) in [6.45, 7) is 7.78. The Bertz CT molecular complexity index is 1190. The Morgan fingerprint density at radius 2 is 1.82 bits per heavy atom. The molecule has 38 heavy (non-hydrogen) atoms. The second-order valence-corrected chi connectivity index (χ2v) is 10.3. The van der Waals surface area contributed by atoms with Gasteiger partial charge in [-0.2, -0.15) is 0 Å². The van der Waals surface area contributed by atoms with Gasteiger partial charge in [0.2, 0.25) is 5.91 Å². The number of nitrogens with one attached hydrogen (secondary N) is 1. The van der Waals surface area contributed by atoms with Crippen molar-refractivity contribution in [3.05, 3.63) is 81.5 Å². The smallest absolute Gasteiger partial charge is 0.336 e. The van der Waals surface area contributed by atoms with E-state index in [1.165, 1.54) is 19.3 Å². The number of piperidine rings is 1. The molecule has 1 N–H and O–H groups in total. The van der Waals surface area contributed by atoms with Crippen LogP contribution in [0.2, 0.25) is 5.02 Å².